The fourth-order valence-corrected chi connectivity index (χ4v) is 0.927. The van der Waals surface area contributed by atoms with Gasteiger partial charge in [0.25, 0.3) is 0 Å². The Bertz CT molecular complexity index is 184. The van der Waals surface area contributed by atoms with Gasteiger partial charge >= 0.3 is 11.9 Å². The van der Waals surface area contributed by atoms with Crippen molar-refractivity contribution < 1.29 is 19.8 Å². The Kier molecular flexibility index (Phi) is 4.96. The molecule has 0 radical (unpaired) electrons. The molecule has 5 nitrogen and oxygen atoms in total. The molecule has 0 aromatic rings. The van der Waals surface area contributed by atoms with Gasteiger partial charge in [-0.15, -0.1) is 3.94 Å². The van der Waals surface area contributed by atoms with Crippen molar-refractivity contribution in [2.75, 3.05) is 0 Å². The quantitative estimate of drug-likeness (QED) is 0.668. The second-order valence-electron chi connectivity index (χ2n) is 2.05. The highest BCUT2D eigenvalue weighted by Gasteiger charge is 2.23. The van der Waals surface area contributed by atoms with Crippen LogP contribution in [0.4, 0.5) is 0 Å². The summed E-state index contributed by atoms with van der Waals surface area (Å²) in [5.74, 6) is -2.34. The second-order valence-corrected chi connectivity index (χ2v) is 2.95. The predicted octanol–water partition coefficient (Wildman–Crippen LogP) is 0.914. The van der Waals surface area contributed by atoms with Crippen LogP contribution in [0.2, 0.25) is 0 Å². The van der Waals surface area contributed by atoms with Gasteiger partial charge in [0.15, 0.2) is 0 Å². The third kappa shape index (κ3) is 4.38. The van der Waals surface area contributed by atoms with Crippen molar-refractivity contribution in [3.05, 3.63) is 0 Å². The first-order chi connectivity index (χ1) is 5.45. The number of carboxylic acids is 2. The van der Waals surface area contributed by atoms with Crippen LogP contribution in [0.1, 0.15) is 12.8 Å². The summed E-state index contributed by atoms with van der Waals surface area (Å²) in [6.07, 6.45) is -0.412. The number of rotatable bonds is 5. The van der Waals surface area contributed by atoms with Crippen LogP contribution in [-0.4, -0.2) is 32.1 Å². The SMILES string of the molecule is O=C(O)CC[C@@H](C(=O)O)N(Cl)Cl. The molecular formula is C5H7Cl2NO4. The largest absolute Gasteiger partial charge is 0.481 e. The maximum absolute atomic E-state index is 10.3. The van der Waals surface area contributed by atoms with E-state index in [2.05, 4.69) is 0 Å². The summed E-state index contributed by atoms with van der Waals surface area (Å²) in [6, 6.07) is -1.18. The van der Waals surface area contributed by atoms with Gasteiger partial charge in [0, 0.05) is 6.42 Å². The van der Waals surface area contributed by atoms with E-state index in [-0.39, 0.29) is 12.8 Å². The lowest BCUT2D eigenvalue weighted by atomic mass is 10.2. The lowest BCUT2D eigenvalue weighted by molar-refractivity contribution is -0.141. The molecule has 2 N–H and O–H groups in total. The van der Waals surface area contributed by atoms with Gasteiger partial charge in [0.1, 0.15) is 6.04 Å². The van der Waals surface area contributed by atoms with Crippen LogP contribution < -0.4 is 0 Å². The zero-order valence-corrected chi connectivity index (χ0v) is 7.42. The average Bonchev–Trinajstić information content (AvgIpc) is 1.84. The molecule has 0 bridgehead atoms. The molecule has 0 heterocycles. The van der Waals surface area contributed by atoms with Crippen LogP contribution in [0.25, 0.3) is 0 Å². The molecule has 7 heteroatoms. The number of carboxylic acid groups (broad SMARTS) is 2. The zero-order valence-electron chi connectivity index (χ0n) is 5.91. The molecule has 0 aliphatic carbocycles. The Hall–Kier alpha value is -0.520. The molecule has 0 amide bonds. The van der Waals surface area contributed by atoms with Gasteiger partial charge in [0.2, 0.25) is 0 Å². The molecule has 12 heavy (non-hydrogen) atoms. The molecule has 0 spiro atoms. The number of halogens is 2. The van der Waals surface area contributed by atoms with E-state index >= 15 is 0 Å². The van der Waals surface area contributed by atoms with E-state index in [4.69, 9.17) is 33.8 Å². The van der Waals surface area contributed by atoms with Gasteiger partial charge in [-0.05, 0) is 30.0 Å². The summed E-state index contributed by atoms with van der Waals surface area (Å²) in [5.41, 5.74) is 0. The fourth-order valence-electron chi connectivity index (χ4n) is 0.565. The van der Waals surface area contributed by atoms with E-state index in [1.807, 2.05) is 0 Å². The topological polar surface area (TPSA) is 77.8 Å². The monoisotopic (exact) mass is 215 g/mol. The molecule has 0 saturated carbocycles. The maximum atomic E-state index is 10.3. The molecular weight excluding hydrogens is 209 g/mol. The van der Waals surface area contributed by atoms with Crippen molar-refractivity contribution in [3.8, 4) is 0 Å². The fraction of sp³-hybridized carbons (Fsp3) is 0.600. The number of hydrogen-bond donors (Lipinski definition) is 2. The van der Waals surface area contributed by atoms with Crippen molar-refractivity contribution in [2.45, 2.75) is 18.9 Å². The predicted molar refractivity (Wildman–Crippen MR) is 41.8 cm³/mol. The highest BCUT2D eigenvalue weighted by atomic mass is 35.5. The summed E-state index contributed by atoms with van der Waals surface area (Å²) >= 11 is 10.3. The van der Waals surface area contributed by atoms with Crippen LogP contribution in [0.3, 0.4) is 0 Å². The van der Waals surface area contributed by atoms with Crippen LogP contribution in [-0.2, 0) is 9.59 Å². The van der Waals surface area contributed by atoms with E-state index in [1.165, 1.54) is 0 Å². The normalized spacial score (nSPS) is 12.9. The van der Waals surface area contributed by atoms with E-state index < -0.39 is 18.0 Å². The maximum Gasteiger partial charge on any atom is 0.323 e. The summed E-state index contributed by atoms with van der Waals surface area (Å²) in [4.78, 5) is 20.4. The Morgan fingerprint density at radius 2 is 1.83 bits per heavy atom. The minimum Gasteiger partial charge on any atom is -0.481 e. The molecule has 0 saturated heterocycles. The summed E-state index contributed by atoms with van der Waals surface area (Å²) < 4.78 is 0.436. The third-order valence-corrected chi connectivity index (χ3v) is 1.62. The Morgan fingerprint density at radius 3 is 2.08 bits per heavy atom. The molecule has 0 aromatic heterocycles. The average molecular weight is 216 g/mol. The second kappa shape index (κ2) is 5.18. The standard InChI is InChI=1S/C5H7Cl2NO4/c6-8(7)3(5(11)12)1-2-4(9)10/h3H,1-2H2,(H,9,10)(H,11,12)/t3-/m0/s1. The van der Waals surface area contributed by atoms with E-state index in [0.717, 1.165) is 0 Å². The molecule has 0 rings (SSSR count). The summed E-state index contributed by atoms with van der Waals surface area (Å²) in [5, 5.41) is 16.7. The number of hydrogen-bond acceptors (Lipinski definition) is 3. The van der Waals surface area contributed by atoms with E-state index in [0.29, 0.717) is 3.94 Å². The lowest BCUT2D eigenvalue weighted by Gasteiger charge is -2.12. The number of nitrogens with zero attached hydrogens (tertiary/aromatic N) is 1. The van der Waals surface area contributed by atoms with Gasteiger partial charge < -0.3 is 10.2 Å². The lowest BCUT2D eigenvalue weighted by Crippen LogP contribution is -2.29. The van der Waals surface area contributed by atoms with Crippen molar-refractivity contribution >= 4 is 35.5 Å². The first-order valence-corrected chi connectivity index (χ1v) is 3.68. The molecule has 0 aliphatic rings. The highest BCUT2D eigenvalue weighted by molar-refractivity contribution is 6.34. The Morgan fingerprint density at radius 1 is 1.33 bits per heavy atom. The third-order valence-electron chi connectivity index (χ3n) is 1.15. The molecule has 0 unspecified atom stereocenters. The molecule has 0 aromatic carbocycles. The van der Waals surface area contributed by atoms with E-state index in [1.54, 1.807) is 0 Å². The van der Waals surface area contributed by atoms with Crippen LogP contribution in [0.15, 0.2) is 0 Å². The summed E-state index contributed by atoms with van der Waals surface area (Å²) in [6.45, 7) is 0. The van der Waals surface area contributed by atoms with Gasteiger partial charge in [-0.3, -0.25) is 9.59 Å². The van der Waals surface area contributed by atoms with Crippen molar-refractivity contribution in [2.24, 2.45) is 0 Å². The van der Waals surface area contributed by atoms with Gasteiger partial charge in [-0.1, -0.05) is 0 Å². The van der Waals surface area contributed by atoms with Gasteiger partial charge in [-0.2, -0.15) is 0 Å². The van der Waals surface area contributed by atoms with Gasteiger partial charge in [-0.25, -0.2) is 0 Å². The summed E-state index contributed by atoms with van der Waals surface area (Å²) in [7, 11) is 0. The van der Waals surface area contributed by atoms with Crippen LogP contribution in [0, 0.1) is 0 Å². The molecule has 0 aliphatic heterocycles. The Balaban J connectivity index is 3.97. The Labute approximate surface area is 78.7 Å². The zero-order chi connectivity index (χ0) is 9.72. The first kappa shape index (κ1) is 11.5. The molecule has 1 atom stereocenters. The number of aliphatic carboxylic acids is 2. The minimum absolute atomic E-state index is 0.127. The van der Waals surface area contributed by atoms with Crippen molar-refractivity contribution in [1.29, 1.82) is 0 Å². The molecule has 70 valence electrons. The van der Waals surface area contributed by atoms with Gasteiger partial charge in [0.05, 0.1) is 0 Å². The van der Waals surface area contributed by atoms with Crippen LogP contribution >= 0.6 is 23.6 Å². The van der Waals surface area contributed by atoms with Crippen LogP contribution in [0.5, 0.6) is 0 Å². The van der Waals surface area contributed by atoms with Crippen molar-refractivity contribution in [3.63, 3.8) is 0 Å². The molecule has 0 fully saturated rings. The smallest absolute Gasteiger partial charge is 0.323 e. The minimum atomic E-state index is -1.25. The highest BCUT2D eigenvalue weighted by Crippen LogP contribution is 2.12. The van der Waals surface area contributed by atoms with Crippen molar-refractivity contribution in [1.82, 2.24) is 3.94 Å². The van der Waals surface area contributed by atoms with E-state index in [9.17, 15) is 9.59 Å². The number of carbonyl (C=O) groups is 2. The first-order valence-electron chi connectivity index (χ1n) is 3.00.